The van der Waals surface area contributed by atoms with Crippen LogP contribution < -0.4 is 5.32 Å². The molecule has 0 saturated carbocycles. The molecule has 0 bridgehead atoms. The summed E-state index contributed by atoms with van der Waals surface area (Å²) in [6.07, 6.45) is 0.103. The molecule has 0 unspecified atom stereocenters. The third-order valence-corrected chi connectivity index (χ3v) is 4.40. The van der Waals surface area contributed by atoms with Crippen molar-refractivity contribution in [3.8, 4) is 0 Å². The number of hydrogen-bond acceptors (Lipinski definition) is 4. The van der Waals surface area contributed by atoms with Crippen LogP contribution in [0.1, 0.15) is 24.8 Å². The minimum absolute atomic E-state index is 0.103. The van der Waals surface area contributed by atoms with E-state index in [4.69, 9.17) is 32.7 Å². The van der Waals surface area contributed by atoms with Crippen LogP contribution in [-0.4, -0.2) is 32.2 Å². The number of nitrogens with one attached hydrogen (secondary N) is 1. The van der Waals surface area contributed by atoms with Gasteiger partial charge in [0.25, 0.3) is 0 Å². The molecule has 23 heavy (non-hydrogen) atoms. The molecule has 2 rings (SSSR count). The molecule has 0 spiro atoms. The van der Waals surface area contributed by atoms with Crippen molar-refractivity contribution in [3.05, 3.63) is 45.1 Å². The zero-order chi connectivity index (χ0) is 17.0. The van der Waals surface area contributed by atoms with Crippen molar-refractivity contribution < 1.29 is 19.1 Å². The molecule has 1 aliphatic heterocycles. The molecule has 1 N–H and O–H groups in total. The van der Waals surface area contributed by atoms with Gasteiger partial charge in [0.1, 0.15) is 6.61 Å². The second-order valence-corrected chi connectivity index (χ2v) is 5.90. The minimum Gasteiger partial charge on any atom is -0.460 e. The highest BCUT2D eigenvalue weighted by atomic mass is 35.5. The van der Waals surface area contributed by atoms with Crippen LogP contribution in [0.15, 0.2) is 29.5 Å². The molecule has 0 aromatic heterocycles. The Morgan fingerprint density at radius 2 is 2.09 bits per heavy atom. The Kier molecular flexibility index (Phi) is 6.04. The fourth-order valence-electron chi connectivity index (χ4n) is 2.52. The van der Waals surface area contributed by atoms with Crippen LogP contribution in [0.2, 0.25) is 10.0 Å². The van der Waals surface area contributed by atoms with Gasteiger partial charge >= 0.3 is 5.97 Å². The van der Waals surface area contributed by atoms with Gasteiger partial charge < -0.3 is 14.8 Å². The lowest BCUT2D eigenvalue weighted by molar-refractivity contribution is -0.140. The number of carbonyl (C=O) groups is 2. The number of methoxy groups -OCH3 is 1. The quantitative estimate of drug-likeness (QED) is 0.649. The molecule has 124 valence electrons. The van der Waals surface area contributed by atoms with Gasteiger partial charge in [-0.25, -0.2) is 4.79 Å². The van der Waals surface area contributed by atoms with Crippen LogP contribution in [0.4, 0.5) is 0 Å². The standard InChI is InChI=1S/C16H17Cl2NO4/c1-9-14(16(21)23-7-6-22-2)11(8-13(20)19-9)10-4-3-5-12(17)15(10)18/h3-5,11H,6-8H2,1-2H3,(H,19,20)/t11-/m1/s1. The van der Waals surface area contributed by atoms with Crippen molar-refractivity contribution in [2.24, 2.45) is 0 Å². The van der Waals surface area contributed by atoms with Crippen LogP contribution in [0, 0.1) is 0 Å². The molecule has 0 radical (unpaired) electrons. The van der Waals surface area contributed by atoms with Crippen LogP contribution in [0.25, 0.3) is 0 Å². The molecule has 0 aliphatic carbocycles. The van der Waals surface area contributed by atoms with E-state index < -0.39 is 11.9 Å². The number of amides is 1. The summed E-state index contributed by atoms with van der Waals surface area (Å²) in [6.45, 7) is 2.10. The topological polar surface area (TPSA) is 64.6 Å². The van der Waals surface area contributed by atoms with Gasteiger partial charge in [0.05, 0.1) is 22.2 Å². The maximum absolute atomic E-state index is 12.4. The molecular formula is C16H17Cl2NO4. The Bertz CT molecular complexity index is 657. The van der Waals surface area contributed by atoms with Gasteiger partial charge in [0.2, 0.25) is 5.91 Å². The van der Waals surface area contributed by atoms with Crippen LogP contribution in [0.3, 0.4) is 0 Å². The summed E-state index contributed by atoms with van der Waals surface area (Å²) in [5.41, 5.74) is 1.47. The Morgan fingerprint density at radius 1 is 1.35 bits per heavy atom. The highest BCUT2D eigenvalue weighted by Gasteiger charge is 2.34. The van der Waals surface area contributed by atoms with Gasteiger partial charge in [-0.05, 0) is 18.6 Å². The molecule has 0 saturated heterocycles. The van der Waals surface area contributed by atoms with E-state index in [0.29, 0.717) is 33.5 Å². The van der Waals surface area contributed by atoms with Gasteiger partial charge in [-0.3, -0.25) is 4.79 Å². The monoisotopic (exact) mass is 357 g/mol. The molecular weight excluding hydrogens is 341 g/mol. The number of allylic oxidation sites excluding steroid dienone is 1. The first kappa shape index (κ1) is 17.8. The number of ether oxygens (including phenoxy) is 2. The first-order valence-electron chi connectivity index (χ1n) is 7.06. The van der Waals surface area contributed by atoms with E-state index in [9.17, 15) is 9.59 Å². The Morgan fingerprint density at radius 3 is 2.78 bits per heavy atom. The highest BCUT2D eigenvalue weighted by Crippen LogP contribution is 2.39. The Balaban J connectivity index is 2.38. The predicted octanol–water partition coefficient (Wildman–Crippen LogP) is 3.06. The smallest absolute Gasteiger partial charge is 0.336 e. The van der Waals surface area contributed by atoms with Gasteiger partial charge in [-0.15, -0.1) is 0 Å². The summed E-state index contributed by atoms with van der Waals surface area (Å²) in [7, 11) is 1.52. The molecule has 1 aliphatic rings. The SMILES string of the molecule is COCCOC(=O)C1=C(C)NC(=O)C[C@@H]1c1cccc(Cl)c1Cl. The van der Waals surface area contributed by atoms with Crippen molar-refractivity contribution in [3.63, 3.8) is 0 Å². The molecule has 1 heterocycles. The van der Waals surface area contributed by atoms with Crippen molar-refractivity contribution in [2.75, 3.05) is 20.3 Å². The Hall–Kier alpha value is -1.56. The van der Waals surface area contributed by atoms with E-state index in [1.165, 1.54) is 7.11 Å². The van der Waals surface area contributed by atoms with Crippen molar-refractivity contribution in [1.82, 2.24) is 5.32 Å². The number of hydrogen-bond donors (Lipinski definition) is 1. The fourth-order valence-corrected chi connectivity index (χ4v) is 2.96. The first-order valence-corrected chi connectivity index (χ1v) is 7.82. The van der Waals surface area contributed by atoms with Gasteiger partial charge in [-0.1, -0.05) is 35.3 Å². The molecule has 0 fully saturated rings. The van der Waals surface area contributed by atoms with Crippen molar-refractivity contribution in [1.29, 1.82) is 0 Å². The van der Waals surface area contributed by atoms with E-state index in [2.05, 4.69) is 5.32 Å². The summed E-state index contributed by atoms with van der Waals surface area (Å²) >= 11 is 12.3. The summed E-state index contributed by atoms with van der Waals surface area (Å²) in [5, 5.41) is 3.38. The summed E-state index contributed by atoms with van der Waals surface area (Å²) in [5.74, 6) is -1.18. The normalized spacial score (nSPS) is 17.9. The number of esters is 1. The van der Waals surface area contributed by atoms with E-state index >= 15 is 0 Å². The summed E-state index contributed by atoms with van der Waals surface area (Å²) in [4.78, 5) is 24.3. The molecule has 7 heteroatoms. The molecule has 1 aromatic rings. The van der Waals surface area contributed by atoms with E-state index in [-0.39, 0.29) is 18.9 Å². The van der Waals surface area contributed by atoms with Gasteiger partial charge in [0.15, 0.2) is 0 Å². The molecule has 1 aromatic carbocycles. The summed E-state index contributed by atoms with van der Waals surface area (Å²) < 4.78 is 10.1. The van der Waals surface area contributed by atoms with E-state index in [1.54, 1.807) is 25.1 Å². The van der Waals surface area contributed by atoms with Crippen LogP contribution in [0.5, 0.6) is 0 Å². The van der Waals surface area contributed by atoms with Crippen LogP contribution >= 0.6 is 23.2 Å². The summed E-state index contributed by atoms with van der Waals surface area (Å²) in [6, 6.07) is 5.15. The average molecular weight is 358 g/mol. The molecule has 5 nitrogen and oxygen atoms in total. The molecule has 1 amide bonds. The van der Waals surface area contributed by atoms with E-state index in [0.717, 1.165) is 0 Å². The number of benzene rings is 1. The van der Waals surface area contributed by atoms with Gasteiger partial charge in [-0.2, -0.15) is 0 Å². The third kappa shape index (κ3) is 4.05. The maximum atomic E-state index is 12.4. The maximum Gasteiger partial charge on any atom is 0.336 e. The largest absolute Gasteiger partial charge is 0.460 e. The van der Waals surface area contributed by atoms with Crippen molar-refractivity contribution in [2.45, 2.75) is 19.3 Å². The Labute approximate surface area is 144 Å². The zero-order valence-corrected chi connectivity index (χ0v) is 14.3. The lowest BCUT2D eigenvalue weighted by Crippen LogP contribution is -2.34. The average Bonchev–Trinajstić information content (AvgIpc) is 2.49. The zero-order valence-electron chi connectivity index (χ0n) is 12.8. The highest BCUT2D eigenvalue weighted by molar-refractivity contribution is 6.42. The lowest BCUT2D eigenvalue weighted by Gasteiger charge is -2.27. The van der Waals surface area contributed by atoms with Crippen molar-refractivity contribution >= 4 is 35.1 Å². The minimum atomic E-state index is -0.499. The second-order valence-electron chi connectivity index (χ2n) is 5.12. The van der Waals surface area contributed by atoms with E-state index in [1.807, 2.05) is 0 Å². The fraction of sp³-hybridized carbons (Fsp3) is 0.375. The van der Waals surface area contributed by atoms with Crippen LogP contribution in [-0.2, 0) is 19.1 Å². The number of carbonyl (C=O) groups excluding carboxylic acids is 2. The molecule has 1 atom stereocenters. The predicted molar refractivity (Wildman–Crippen MR) is 87.5 cm³/mol. The first-order chi connectivity index (χ1) is 11.0. The van der Waals surface area contributed by atoms with Gasteiger partial charge in [0, 0.05) is 25.1 Å². The number of rotatable bonds is 5. The lowest BCUT2D eigenvalue weighted by atomic mass is 9.84. The number of halogens is 2. The second kappa shape index (κ2) is 7.81. The third-order valence-electron chi connectivity index (χ3n) is 3.57.